The van der Waals surface area contributed by atoms with E-state index in [1.54, 1.807) is 28.8 Å². The van der Waals surface area contributed by atoms with Gasteiger partial charge in [0.1, 0.15) is 29.8 Å². The maximum atomic E-state index is 15.5. The molecule has 9 nitrogen and oxygen atoms in total. The smallest absolute Gasteiger partial charge is 0.335 e. The van der Waals surface area contributed by atoms with E-state index in [-0.39, 0.29) is 48.0 Å². The van der Waals surface area contributed by atoms with E-state index in [1.165, 1.54) is 31.5 Å². The van der Waals surface area contributed by atoms with Gasteiger partial charge in [0.2, 0.25) is 0 Å². The minimum atomic E-state index is -1.12. The van der Waals surface area contributed by atoms with Crippen molar-refractivity contribution in [2.24, 2.45) is 5.41 Å². The normalized spacial score (nSPS) is 13.4. The van der Waals surface area contributed by atoms with E-state index in [1.807, 2.05) is 6.07 Å². The van der Waals surface area contributed by atoms with Gasteiger partial charge in [-0.05, 0) is 66.9 Å². The van der Waals surface area contributed by atoms with E-state index in [2.05, 4.69) is 15.0 Å². The van der Waals surface area contributed by atoms with E-state index in [0.29, 0.717) is 46.6 Å². The molecule has 45 heavy (non-hydrogen) atoms. The minimum Gasteiger partial charge on any atom is -0.496 e. The van der Waals surface area contributed by atoms with E-state index >= 15 is 8.78 Å². The Kier molecular flexibility index (Phi) is 7.85. The van der Waals surface area contributed by atoms with Crippen molar-refractivity contribution in [3.8, 4) is 29.1 Å². The van der Waals surface area contributed by atoms with Crippen LogP contribution in [-0.4, -0.2) is 44.4 Å². The Morgan fingerprint density at radius 3 is 2.60 bits per heavy atom. The molecule has 12 heteroatoms. The number of rotatable bonds is 11. The molecule has 0 saturated heterocycles. The van der Waals surface area contributed by atoms with Gasteiger partial charge in [0.25, 0.3) is 0 Å². The van der Waals surface area contributed by atoms with E-state index in [4.69, 9.17) is 14.7 Å². The first-order valence-corrected chi connectivity index (χ1v) is 14.0. The monoisotopic (exact) mass is 613 g/mol. The van der Waals surface area contributed by atoms with Crippen LogP contribution in [0.2, 0.25) is 0 Å². The van der Waals surface area contributed by atoms with Crippen LogP contribution in [-0.2, 0) is 19.6 Å². The Morgan fingerprint density at radius 1 is 1.07 bits per heavy atom. The predicted molar refractivity (Wildman–Crippen MR) is 157 cm³/mol. The predicted octanol–water partition coefficient (Wildman–Crippen LogP) is 6.27. The van der Waals surface area contributed by atoms with Gasteiger partial charge < -0.3 is 19.1 Å². The molecule has 1 saturated carbocycles. The quantitative estimate of drug-likeness (QED) is 0.185. The second-order valence-electron chi connectivity index (χ2n) is 11.0. The zero-order chi connectivity index (χ0) is 31.7. The molecule has 0 radical (unpaired) electrons. The minimum absolute atomic E-state index is 0.00671. The molecule has 0 atom stereocenters. The van der Waals surface area contributed by atoms with Crippen molar-refractivity contribution in [3.63, 3.8) is 0 Å². The van der Waals surface area contributed by atoms with Gasteiger partial charge in [0.05, 0.1) is 47.7 Å². The molecule has 1 aliphatic carbocycles. The van der Waals surface area contributed by atoms with Crippen molar-refractivity contribution in [2.75, 3.05) is 13.8 Å². The Morgan fingerprint density at radius 2 is 1.89 bits per heavy atom. The van der Waals surface area contributed by atoms with Crippen LogP contribution in [0.5, 0.6) is 11.8 Å². The number of ether oxygens (including phenoxy) is 2. The summed E-state index contributed by atoms with van der Waals surface area (Å²) in [5, 5.41) is 18.6. The number of aromatic carboxylic acids is 1. The summed E-state index contributed by atoms with van der Waals surface area (Å²) in [5.41, 5.74) is 1.52. The standard InChI is InChI=1S/C33H26F3N5O4/c1-44-29-10-19(15-37)2-3-21(29)16-45-32-38-9-6-26(40-32)23-14-24(35)22(11-25(23)36)13-30-39-27-5-4-20(31(42)43)12-28(27)41(30)18-33(17-34)7-8-33/h2-6,9-12,14H,7-8,13,16-18H2,1H3,(H,42,43). The number of halogens is 3. The summed E-state index contributed by atoms with van der Waals surface area (Å²) < 4.78 is 57.6. The number of fused-ring (bicyclic) bond motifs is 1. The number of nitriles is 1. The summed E-state index contributed by atoms with van der Waals surface area (Å²) in [6.45, 7) is -0.292. The molecular formula is C33H26F3N5O4. The highest BCUT2D eigenvalue weighted by Crippen LogP contribution is 2.48. The summed E-state index contributed by atoms with van der Waals surface area (Å²) in [7, 11) is 1.47. The highest BCUT2D eigenvalue weighted by molar-refractivity contribution is 5.92. The van der Waals surface area contributed by atoms with Crippen LogP contribution in [0.3, 0.4) is 0 Å². The fourth-order valence-corrected chi connectivity index (χ4v) is 5.19. The summed E-state index contributed by atoms with van der Waals surface area (Å²) in [4.78, 5) is 24.5. The van der Waals surface area contributed by atoms with Crippen molar-refractivity contribution in [1.29, 1.82) is 5.26 Å². The van der Waals surface area contributed by atoms with E-state index in [0.717, 1.165) is 12.1 Å². The lowest BCUT2D eigenvalue weighted by atomic mass is 10.0. The van der Waals surface area contributed by atoms with Crippen LogP contribution in [0.15, 0.2) is 60.8 Å². The van der Waals surface area contributed by atoms with Gasteiger partial charge in [-0.25, -0.2) is 23.5 Å². The summed E-state index contributed by atoms with van der Waals surface area (Å²) in [6.07, 6.45) is 2.60. The maximum absolute atomic E-state index is 15.5. The second kappa shape index (κ2) is 11.9. The fraction of sp³-hybridized carbons (Fsp3) is 0.242. The largest absolute Gasteiger partial charge is 0.496 e. The molecule has 1 fully saturated rings. The van der Waals surface area contributed by atoms with Crippen LogP contribution in [0.1, 0.15) is 45.7 Å². The molecule has 3 aromatic carbocycles. The molecule has 2 aromatic heterocycles. The van der Waals surface area contributed by atoms with Crippen LogP contribution in [0, 0.1) is 28.4 Å². The van der Waals surface area contributed by atoms with Crippen LogP contribution in [0.4, 0.5) is 13.2 Å². The molecule has 0 spiro atoms. The van der Waals surface area contributed by atoms with E-state index in [9.17, 15) is 14.3 Å². The number of hydrogen-bond donors (Lipinski definition) is 1. The van der Waals surface area contributed by atoms with Crippen molar-refractivity contribution in [1.82, 2.24) is 19.5 Å². The lowest BCUT2D eigenvalue weighted by molar-refractivity contribution is 0.0697. The fourth-order valence-electron chi connectivity index (χ4n) is 5.19. The number of methoxy groups -OCH3 is 1. The second-order valence-corrected chi connectivity index (χ2v) is 11.0. The lowest BCUT2D eigenvalue weighted by Gasteiger charge is -2.16. The van der Waals surface area contributed by atoms with Crippen molar-refractivity contribution in [2.45, 2.75) is 32.4 Å². The van der Waals surface area contributed by atoms with Crippen molar-refractivity contribution >= 4 is 17.0 Å². The molecule has 228 valence electrons. The molecule has 0 unspecified atom stereocenters. The third-order valence-corrected chi connectivity index (χ3v) is 7.98. The molecule has 0 bridgehead atoms. The first-order valence-electron chi connectivity index (χ1n) is 14.0. The number of imidazole rings is 1. The average molecular weight is 614 g/mol. The van der Waals surface area contributed by atoms with Gasteiger partial charge in [0.15, 0.2) is 0 Å². The first kappa shape index (κ1) is 29.6. The van der Waals surface area contributed by atoms with Crippen molar-refractivity contribution in [3.05, 3.63) is 101 Å². The Balaban J connectivity index is 1.27. The Hall–Kier alpha value is -5.44. The van der Waals surface area contributed by atoms with Gasteiger partial charge in [-0.3, -0.25) is 4.39 Å². The van der Waals surface area contributed by atoms with Gasteiger partial charge in [-0.2, -0.15) is 10.2 Å². The topological polar surface area (TPSA) is 123 Å². The van der Waals surface area contributed by atoms with Gasteiger partial charge in [0, 0.05) is 35.7 Å². The van der Waals surface area contributed by atoms with Crippen LogP contribution >= 0.6 is 0 Å². The molecule has 1 N–H and O–H groups in total. The number of alkyl halides is 1. The molecule has 0 amide bonds. The van der Waals surface area contributed by atoms with Gasteiger partial charge in [-0.15, -0.1) is 0 Å². The highest BCUT2D eigenvalue weighted by atomic mass is 19.1. The highest BCUT2D eigenvalue weighted by Gasteiger charge is 2.44. The lowest BCUT2D eigenvalue weighted by Crippen LogP contribution is -2.16. The molecule has 0 aliphatic heterocycles. The number of aromatic nitrogens is 4. The number of benzene rings is 3. The summed E-state index contributed by atoms with van der Waals surface area (Å²) in [6, 6.07) is 14.8. The number of carbonyl (C=O) groups is 1. The van der Waals surface area contributed by atoms with Crippen LogP contribution < -0.4 is 9.47 Å². The Labute approximate surface area is 255 Å². The maximum Gasteiger partial charge on any atom is 0.335 e. The number of hydrogen-bond acceptors (Lipinski definition) is 7. The van der Waals surface area contributed by atoms with Crippen molar-refractivity contribution < 1.29 is 32.5 Å². The summed E-state index contributed by atoms with van der Waals surface area (Å²) >= 11 is 0. The van der Waals surface area contributed by atoms with Gasteiger partial charge >= 0.3 is 12.0 Å². The Bertz CT molecular complexity index is 1980. The van der Waals surface area contributed by atoms with Gasteiger partial charge in [-0.1, -0.05) is 6.07 Å². The zero-order valence-corrected chi connectivity index (χ0v) is 24.1. The molecule has 5 aromatic rings. The SMILES string of the molecule is COc1cc(C#N)ccc1COc1nccc(-c2cc(F)c(Cc3nc4ccc(C(=O)O)cc4n3CC3(CF)CC3)cc2F)n1. The number of nitrogens with zero attached hydrogens (tertiary/aromatic N) is 5. The molecule has 2 heterocycles. The van der Waals surface area contributed by atoms with Crippen LogP contribution in [0.25, 0.3) is 22.3 Å². The molecule has 1 aliphatic rings. The number of carboxylic acids is 1. The molecular weight excluding hydrogens is 587 g/mol. The third-order valence-electron chi connectivity index (χ3n) is 7.98. The third kappa shape index (κ3) is 6.02. The summed E-state index contributed by atoms with van der Waals surface area (Å²) in [5.74, 6) is -1.74. The average Bonchev–Trinajstić information content (AvgIpc) is 3.76. The zero-order valence-electron chi connectivity index (χ0n) is 24.1. The molecule has 6 rings (SSSR count). The van der Waals surface area contributed by atoms with E-state index < -0.39 is 29.7 Å². The number of carboxylic acid groups (broad SMARTS) is 1. The first-order chi connectivity index (χ1) is 21.7.